The van der Waals surface area contributed by atoms with Crippen molar-refractivity contribution in [1.29, 1.82) is 0 Å². The summed E-state index contributed by atoms with van der Waals surface area (Å²) < 4.78 is 3.52. The van der Waals surface area contributed by atoms with Gasteiger partial charge in [-0.05, 0) is 25.1 Å². The highest BCUT2D eigenvalue weighted by Gasteiger charge is 2.14. The van der Waals surface area contributed by atoms with Gasteiger partial charge in [0.1, 0.15) is 6.33 Å². The van der Waals surface area contributed by atoms with Crippen LogP contribution < -0.4 is 0 Å². The van der Waals surface area contributed by atoms with Gasteiger partial charge < -0.3 is 0 Å². The van der Waals surface area contributed by atoms with Crippen molar-refractivity contribution >= 4 is 16.7 Å². The molecule has 6 nitrogen and oxygen atoms in total. The van der Waals surface area contributed by atoms with E-state index >= 15 is 0 Å². The van der Waals surface area contributed by atoms with Crippen LogP contribution in [0.25, 0.3) is 33.8 Å². The Bertz CT molecular complexity index is 1200. The molecule has 25 heavy (non-hydrogen) atoms. The van der Waals surface area contributed by atoms with Crippen molar-refractivity contribution in [2.45, 2.75) is 6.92 Å². The summed E-state index contributed by atoms with van der Waals surface area (Å²) >= 11 is 0. The average Bonchev–Trinajstić information content (AvgIpc) is 3.26. The third-order valence-electron chi connectivity index (χ3n) is 4.18. The van der Waals surface area contributed by atoms with E-state index in [1.165, 1.54) is 5.56 Å². The first kappa shape index (κ1) is 13.9. The van der Waals surface area contributed by atoms with Crippen molar-refractivity contribution in [2.24, 2.45) is 0 Å². The molecule has 5 rings (SSSR count). The van der Waals surface area contributed by atoms with Crippen LogP contribution in [0.2, 0.25) is 0 Å². The average molecular weight is 326 g/mol. The second-order valence-corrected chi connectivity index (χ2v) is 5.95. The first-order chi connectivity index (χ1) is 12.3. The van der Waals surface area contributed by atoms with Crippen LogP contribution >= 0.6 is 0 Å². The van der Waals surface area contributed by atoms with Gasteiger partial charge in [-0.3, -0.25) is 0 Å². The molecule has 0 saturated carbocycles. The lowest BCUT2D eigenvalue weighted by atomic mass is 10.1. The number of aromatic nitrogens is 6. The molecule has 3 heterocycles. The molecule has 6 heteroatoms. The van der Waals surface area contributed by atoms with Crippen molar-refractivity contribution < 1.29 is 0 Å². The van der Waals surface area contributed by atoms with Gasteiger partial charge in [-0.2, -0.15) is 5.10 Å². The fourth-order valence-electron chi connectivity index (χ4n) is 2.99. The number of nitrogens with zero attached hydrogens (tertiary/aromatic N) is 6. The molecule has 5 aromatic rings. The largest absolute Gasteiger partial charge is 0.216 e. The number of para-hydroxylation sites is 1. The quantitative estimate of drug-likeness (QED) is 0.498. The van der Waals surface area contributed by atoms with E-state index in [1.807, 2.05) is 47.1 Å². The second kappa shape index (κ2) is 5.24. The molecule has 0 bridgehead atoms. The minimum absolute atomic E-state index is 0.686. The number of benzene rings is 2. The first-order valence-corrected chi connectivity index (χ1v) is 8.01. The number of hydrogen-bond acceptors (Lipinski definition) is 4. The first-order valence-electron chi connectivity index (χ1n) is 8.01. The number of fused-ring (bicyclic) bond motifs is 3. The Kier molecular flexibility index (Phi) is 2.90. The van der Waals surface area contributed by atoms with Crippen molar-refractivity contribution in [1.82, 2.24) is 29.4 Å². The van der Waals surface area contributed by atoms with Gasteiger partial charge in [-0.25, -0.2) is 19.2 Å². The molecule has 0 spiro atoms. The normalized spacial score (nSPS) is 11.4. The van der Waals surface area contributed by atoms with E-state index < -0.39 is 0 Å². The third kappa shape index (κ3) is 2.19. The van der Waals surface area contributed by atoms with E-state index in [-0.39, 0.29) is 0 Å². The predicted molar refractivity (Wildman–Crippen MR) is 95.6 cm³/mol. The molecule has 0 radical (unpaired) electrons. The molecule has 0 aliphatic carbocycles. The predicted octanol–water partition coefficient (Wildman–Crippen LogP) is 3.44. The van der Waals surface area contributed by atoms with Crippen LogP contribution in [0.4, 0.5) is 0 Å². The second-order valence-electron chi connectivity index (χ2n) is 5.95. The van der Waals surface area contributed by atoms with Crippen LogP contribution in [-0.2, 0) is 0 Å². The van der Waals surface area contributed by atoms with Gasteiger partial charge in [-0.1, -0.05) is 42.0 Å². The summed E-state index contributed by atoms with van der Waals surface area (Å²) in [5.41, 5.74) is 4.65. The Morgan fingerprint density at radius 1 is 0.920 bits per heavy atom. The summed E-state index contributed by atoms with van der Waals surface area (Å²) in [7, 11) is 0. The van der Waals surface area contributed by atoms with Gasteiger partial charge in [-0.15, -0.1) is 5.10 Å². The Hall–Kier alpha value is -3.54. The molecule has 0 N–H and O–H groups in total. The van der Waals surface area contributed by atoms with Gasteiger partial charge in [0.15, 0.2) is 17.1 Å². The molecule has 0 aliphatic rings. The van der Waals surface area contributed by atoms with Crippen LogP contribution in [-0.4, -0.2) is 29.4 Å². The SMILES string of the molecule is Cc1cccc(-c2nc3c4cnn(-c5ccccc5)c4ncn3n2)c1. The van der Waals surface area contributed by atoms with E-state index in [0.717, 1.165) is 27.9 Å². The minimum Gasteiger partial charge on any atom is -0.216 e. The summed E-state index contributed by atoms with van der Waals surface area (Å²) in [6.45, 7) is 2.06. The summed E-state index contributed by atoms with van der Waals surface area (Å²) in [6, 6.07) is 18.1. The fraction of sp³-hybridized carbons (Fsp3) is 0.0526. The minimum atomic E-state index is 0.686. The smallest absolute Gasteiger partial charge is 0.182 e. The molecule has 0 fully saturated rings. The number of rotatable bonds is 2. The maximum absolute atomic E-state index is 4.72. The van der Waals surface area contributed by atoms with Gasteiger partial charge in [0.05, 0.1) is 17.3 Å². The lowest BCUT2D eigenvalue weighted by molar-refractivity contribution is 0.882. The summed E-state index contributed by atoms with van der Waals surface area (Å²) in [5.74, 6) is 0.686. The summed E-state index contributed by atoms with van der Waals surface area (Å²) in [4.78, 5) is 9.25. The molecular weight excluding hydrogens is 312 g/mol. The van der Waals surface area contributed by atoms with E-state index in [9.17, 15) is 0 Å². The Morgan fingerprint density at radius 2 is 1.80 bits per heavy atom. The molecule has 3 aromatic heterocycles. The van der Waals surface area contributed by atoms with Gasteiger partial charge in [0.2, 0.25) is 0 Å². The van der Waals surface area contributed by atoms with Gasteiger partial charge in [0, 0.05) is 5.56 Å². The van der Waals surface area contributed by atoms with Crippen molar-refractivity contribution in [2.75, 3.05) is 0 Å². The number of hydrogen-bond donors (Lipinski definition) is 0. The maximum Gasteiger partial charge on any atom is 0.182 e. The van der Waals surface area contributed by atoms with Crippen LogP contribution in [0.15, 0.2) is 67.1 Å². The molecule has 120 valence electrons. The van der Waals surface area contributed by atoms with Crippen molar-refractivity contribution in [3.05, 3.63) is 72.7 Å². The topological polar surface area (TPSA) is 60.9 Å². The summed E-state index contributed by atoms with van der Waals surface area (Å²) in [5, 5.41) is 9.92. The Balaban J connectivity index is 1.72. The molecular formula is C19H14N6. The highest BCUT2D eigenvalue weighted by Crippen LogP contribution is 2.23. The molecule has 2 aromatic carbocycles. The zero-order chi connectivity index (χ0) is 16.8. The van der Waals surface area contributed by atoms with Crippen LogP contribution in [0.1, 0.15) is 5.56 Å². The van der Waals surface area contributed by atoms with Gasteiger partial charge in [0.25, 0.3) is 0 Å². The maximum atomic E-state index is 4.72. The molecule has 0 unspecified atom stereocenters. The highest BCUT2D eigenvalue weighted by molar-refractivity contribution is 5.89. The van der Waals surface area contributed by atoms with E-state index in [4.69, 9.17) is 4.98 Å². The molecule has 0 saturated heterocycles. The third-order valence-corrected chi connectivity index (χ3v) is 4.18. The van der Waals surface area contributed by atoms with Crippen LogP contribution in [0, 0.1) is 6.92 Å². The monoisotopic (exact) mass is 326 g/mol. The lowest BCUT2D eigenvalue weighted by Crippen LogP contribution is -1.98. The van der Waals surface area contributed by atoms with Crippen LogP contribution in [0.5, 0.6) is 0 Å². The van der Waals surface area contributed by atoms with Crippen LogP contribution in [0.3, 0.4) is 0 Å². The van der Waals surface area contributed by atoms with Crippen molar-refractivity contribution in [3.8, 4) is 17.1 Å². The summed E-state index contributed by atoms with van der Waals surface area (Å²) in [6.07, 6.45) is 3.48. The lowest BCUT2D eigenvalue weighted by Gasteiger charge is -2.01. The zero-order valence-electron chi connectivity index (χ0n) is 13.5. The zero-order valence-corrected chi connectivity index (χ0v) is 13.5. The standard InChI is InChI=1S/C19H14N6/c1-13-6-5-7-14(10-13)17-22-19-16-11-21-25(15-8-3-2-4-9-15)18(16)20-12-24(19)23-17/h2-12H,1H3. The number of aryl methyl sites for hydroxylation is 1. The highest BCUT2D eigenvalue weighted by atomic mass is 15.3. The fourth-order valence-corrected chi connectivity index (χ4v) is 2.99. The van der Waals surface area contributed by atoms with Crippen molar-refractivity contribution in [3.63, 3.8) is 0 Å². The van der Waals surface area contributed by atoms with E-state index in [0.29, 0.717) is 5.82 Å². The van der Waals surface area contributed by atoms with E-state index in [1.54, 1.807) is 17.0 Å². The van der Waals surface area contributed by atoms with E-state index in [2.05, 4.69) is 34.2 Å². The molecule has 0 aliphatic heterocycles. The van der Waals surface area contributed by atoms with Gasteiger partial charge >= 0.3 is 0 Å². The molecule has 0 atom stereocenters. The Labute approximate surface area is 143 Å². The molecule has 0 amide bonds. The Morgan fingerprint density at radius 3 is 2.64 bits per heavy atom.